The second kappa shape index (κ2) is 7.48. The lowest BCUT2D eigenvalue weighted by Gasteiger charge is -2.26. The van der Waals surface area contributed by atoms with E-state index in [0.717, 1.165) is 48.0 Å². The van der Waals surface area contributed by atoms with Crippen LogP contribution in [-0.4, -0.2) is 37.9 Å². The molecule has 2 N–H and O–H groups in total. The Hall–Kier alpha value is -2.73. The van der Waals surface area contributed by atoms with Gasteiger partial charge in [-0.25, -0.2) is 9.67 Å². The molecule has 1 aliphatic carbocycles. The number of hydrogen-bond acceptors (Lipinski definition) is 4. The maximum Gasteiger partial charge on any atom is 0.252 e. The third-order valence-corrected chi connectivity index (χ3v) is 5.25. The Morgan fingerprint density at radius 2 is 1.96 bits per heavy atom. The molecule has 6 nitrogen and oxygen atoms in total. The Labute approximate surface area is 158 Å². The zero-order chi connectivity index (χ0) is 18.8. The van der Waals surface area contributed by atoms with Crippen LogP contribution in [0.4, 0.5) is 0 Å². The van der Waals surface area contributed by atoms with E-state index in [9.17, 15) is 9.90 Å². The first-order valence-corrected chi connectivity index (χ1v) is 9.56. The summed E-state index contributed by atoms with van der Waals surface area (Å²) in [6, 6.07) is 11.8. The average Bonchev–Trinajstić information content (AvgIpc) is 3.12. The number of nitrogens with zero attached hydrogens (tertiary/aromatic N) is 3. The SMILES string of the molecule is CCn1ncc2c(C(=O)NC3CCC(O)CC3)cc(-c3ccccc3)nc21. The molecule has 0 aliphatic heterocycles. The Kier molecular flexibility index (Phi) is 4.90. The van der Waals surface area contributed by atoms with Crippen LogP contribution in [0.15, 0.2) is 42.6 Å². The van der Waals surface area contributed by atoms with Gasteiger partial charge in [0, 0.05) is 18.2 Å². The molecule has 2 heterocycles. The first-order chi connectivity index (χ1) is 13.2. The summed E-state index contributed by atoms with van der Waals surface area (Å²) in [5.74, 6) is -0.100. The fraction of sp³-hybridized carbons (Fsp3) is 0.381. The lowest BCUT2D eigenvalue weighted by Crippen LogP contribution is -2.38. The van der Waals surface area contributed by atoms with E-state index in [0.29, 0.717) is 12.1 Å². The number of amides is 1. The maximum absolute atomic E-state index is 13.1. The van der Waals surface area contributed by atoms with Crippen molar-refractivity contribution in [1.29, 1.82) is 0 Å². The Bertz CT molecular complexity index is 943. The minimum absolute atomic E-state index is 0.100. The average molecular weight is 364 g/mol. The summed E-state index contributed by atoms with van der Waals surface area (Å²) in [5, 5.41) is 18.0. The Morgan fingerprint density at radius 3 is 2.67 bits per heavy atom. The second-order valence-electron chi connectivity index (χ2n) is 7.10. The molecule has 1 amide bonds. The van der Waals surface area contributed by atoms with Gasteiger partial charge in [-0.3, -0.25) is 4.79 Å². The van der Waals surface area contributed by atoms with Crippen LogP contribution in [0.5, 0.6) is 0 Å². The summed E-state index contributed by atoms with van der Waals surface area (Å²) in [4.78, 5) is 17.8. The number of aliphatic hydroxyl groups excluding tert-OH is 1. The smallest absolute Gasteiger partial charge is 0.252 e. The van der Waals surface area contributed by atoms with E-state index in [1.165, 1.54) is 0 Å². The van der Waals surface area contributed by atoms with Crippen molar-refractivity contribution in [2.45, 2.75) is 51.3 Å². The predicted molar refractivity (Wildman–Crippen MR) is 104 cm³/mol. The molecule has 140 valence electrons. The fourth-order valence-electron chi connectivity index (χ4n) is 3.71. The van der Waals surface area contributed by atoms with E-state index in [-0.39, 0.29) is 18.1 Å². The molecule has 1 aromatic carbocycles. The molecule has 0 radical (unpaired) electrons. The number of rotatable bonds is 4. The monoisotopic (exact) mass is 364 g/mol. The molecule has 1 fully saturated rings. The highest BCUT2D eigenvalue weighted by molar-refractivity contribution is 6.06. The van der Waals surface area contributed by atoms with Crippen molar-refractivity contribution in [3.63, 3.8) is 0 Å². The number of nitrogens with one attached hydrogen (secondary N) is 1. The van der Waals surface area contributed by atoms with Gasteiger partial charge in [-0.2, -0.15) is 5.10 Å². The summed E-state index contributed by atoms with van der Waals surface area (Å²) in [7, 11) is 0. The number of pyridine rings is 1. The zero-order valence-electron chi connectivity index (χ0n) is 15.4. The third-order valence-electron chi connectivity index (χ3n) is 5.25. The molecule has 2 aromatic heterocycles. The van der Waals surface area contributed by atoms with E-state index >= 15 is 0 Å². The first kappa shape index (κ1) is 17.7. The zero-order valence-corrected chi connectivity index (χ0v) is 15.4. The quantitative estimate of drug-likeness (QED) is 0.745. The highest BCUT2D eigenvalue weighted by Gasteiger charge is 2.23. The molecular weight excluding hydrogens is 340 g/mol. The molecule has 0 bridgehead atoms. The van der Waals surface area contributed by atoms with Gasteiger partial charge in [0.2, 0.25) is 0 Å². The number of fused-ring (bicyclic) bond motifs is 1. The number of aryl methyl sites for hydroxylation is 1. The number of aliphatic hydroxyl groups is 1. The molecule has 27 heavy (non-hydrogen) atoms. The third kappa shape index (κ3) is 3.57. The largest absolute Gasteiger partial charge is 0.393 e. The lowest BCUT2D eigenvalue weighted by atomic mass is 9.93. The van der Waals surface area contributed by atoms with Crippen LogP contribution in [0.2, 0.25) is 0 Å². The van der Waals surface area contributed by atoms with Crippen LogP contribution in [0.25, 0.3) is 22.3 Å². The van der Waals surface area contributed by atoms with Gasteiger partial charge in [-0.15, -0.1) is 0 Å². The van der Waals surface area contributed by atoms with Crippen molar-refractivity contribution in [2.24, 2.45) is 0 Å². The predicted octanol–water partition coefficient (Wildman–Crippen LogP) is 3.15. The number of aromatic nitrogens is 3. The van der Waals surface area contributed by atoms with Crippen molar-refractivity contribution >= 4 is 16.9 Å². The van der Waals surface area contributed by atoms with Gasteiger partial charge in [-0.05, 0) is 38.7 Å². The van der Waals surface area contributed by atoms with Crippen molar-refractivity contribution in [1.82, 2.24) is 20.1 Å². The molecule has 0 saturated heterocycles. The van der Waals surface area contributed by atoms with Crippen molar-refractivity contribution < 1.29 is 9.90 Å². The van der Waals surface area contributed by atoms with Crippen molar-refractivity contribution in [3.05, 3.63) is 48.2 Å². The van der Waals surface area contributed by atoms with E-state index in [1.807, 2.05) is 48.0 Å². The summed E-state index contributed by atoms with van der Waals surface area (Å²) >= 11 is 0. The molecule has 1 saturated carbocycles. The van der Waals surface area contributed by atoms with E-state index in [4.69, 9.17) is 4.98 Å². The second-order valence-corrected chi connectivity index (χ2v) is 7.10. The number of carbonyl (C=O) groups excluding carboxylic acids is 1. The Morgan fingerprint density at radius 1 is 1.22 bits per heavy atom. The van der Waals surface area contributed by atoms with Crippen LogP contribution < -0.4 is 5.32 Å². The topological polar surface area (TPSA) is 80.0 Å². The molecule has 0 unspecified atom stereocenters. The Balaban J connectivity index is 1.72. The minimum Gasteiger partial charge on any atom is -0.393 e. The number of hydrogen-bond donors (Lipinski definition) is 2. The van der Waals surface area contributed by atoms with Crippen LogP contribution >= 0.6 is 0 Å². The standard InChI is InChI=1S/C21H24N4O2/c1-2-25-20-18(13-22-25)17(12-19(24-20)14-6-4-3-5-7-14)21(27)23-15-8-10-16(26)11-9-15/h3-7,12-13,15-16,26H,2,8-11H2,1H3,(H,23,27). The van der Waals surface area contributed by atoms with Gasteiger partial charge in [-0.1, -0.05) is 30.3 Å². The van der Waals surface area contributed by atoms with E-state index in [1.54, 1.807) is 6.20 Å². The molecule has 0 spiro atoms. The molecule has 4 rings (SSSR count). The molecule has 0 atom stereocenters. The van der Waals surface area contributed by atoms with Gasteiger partial charge in [0.25, 0.3) is 5.91 Å². The van der Waals surface area contributed by atoms with Gasteiger partial charge in [0.1, 0.15) is 0 Å². The van der Waals surface area contributed by atoms with Crippen molar-refractivity contribution in [3.8, 4) is 11.3 Å². The van der Waals surface area contributed by atoms with Crippen LogP contribution in [0.1, 0.15) is 43.0 Å². The van der Waals surface area contributed by atoms with Crippen molar-refractivity contribution in [2.75, 3.05) is 0 Å². The van der Waals surface area contributed by atoms with Crippen LogP contribution in [0.3, 0.4) is 0 Å². The van der Waals surface area contributed by atoms with Crippen LogP contribution in [0, 0.1) is 0 Å². The first-order valence-electron chi connectivity index (χ1n) is 9.56. The lowest BCUT2D eigenvalue weighted by molar-refractivity contribution is 0.0869. The summed E-state index contributed by atoms with van der Waals surface area (Å²) < 4.78 is 1.81. The van der Waals surface area contributed by atoms with Gasteiger partial charge >= 0.3 is 0 Å². The molecular formula is C21H24N4O2. The van der Waals surface area contributed by atoms with Crippen LogP contribution in [-0.2, 0) is 6.54 Å². The van der Waals surface area contributed by atoms with E-state index < -0.39 is 0 Å². The number of carbonyl (C=O) groups is 1. The summed E-state index contributed by atoms with van der Waals surface area (Å²) in [5.41, 5.74) is 3.06. The van der Waals surface area contributed by atoms with Gasteiger partial charge in [0.05, 0.1) is 28.9 Å². The highest BCUT2D eigenvalue weighted by Crippen LogP contribution is 2.26. The molecule has 3 aromatic rings. The summed E-state index contributed by atoms with van der Waals surface area (Å²) in [6.45, 7) is 2.70. The molecule has 1 aliphatic rings. The summed E-state index contributed by atoms with van der Waals surface area (Å²) in [6.07, 6.45) is 4.57. The highest BCUT2D eigenvalue weighted by atomic mass is 16.3. The maximum atomic E-state index is 13.1. The van der Waals surface area contributed by atoms with Gasteiger partial charge in [0.15, 0.2) is 5.65 Å². The normalized spacial score (nSPS) is 19.9. The molecule has 6 heteroatoms. The fourth-order valence-corrected chi connectivity index (χ4v) is 3.71. The minimum atomic E-state index is -0.238. The number of benzene rings is 1. The van der Waals surface area contributed by atoms with Gasteiger partial charge < -0.3 is 10.4 Å². The van der Waals surface area contributed by atoms with E-state index in [2.05, 4.69) is 10.4 Å².